The average molecular weight is 265 g/mol. The van der Waals surface area contributed by atoms with E-state index in [2.05, 4.69) is 9.47 Å². The topological polar surface area (TPSA) is 52.6 Å². The van der Waals surface area contributed by atoms with E-state index in [1.165, 1.54) is 14.2 Å². The van der Waals surface area contributed by atoms with Crippen molar-refractivity contribution in [3.05, 3.63) is 12.2 Å². The van der Waals surface area contributed by atoms with Crippen LogP contribution in [0.4, 0.5) is 0 Å². The molecule has 0 bridgehead atoms. The Hall–Kier alpha value is -0.521. The molecule has 0 aromatic rings. The maximum atomic E-state index is 10.3. The monoisotopic (exact) mass is 266 g/mol. The Labute approximate surface area is 81.5 Å². The third-order valence-corrected chi connectivity index (χ3v) is 0.758. The third kappa shape index (κ3) is 7.37. The molecule has 0 aliphatic carbocycles. The number of methoxy groups -OCH3 is 2. The van der Waals surface area contributed by atoms with Crippen LogP contribution in [0, 0.1) is 0 Å². The van der Waals surface area contributed by atoms with Crippen molar-refractivity contribution in [1.82, 2.24) is 0 Å². The molecule has 0 N–H and O–H groups in total. The minimum atomic E-state index is -0.578. The zero-order valence-corrected chi connectivity index (χ0v) is 10.5. The van der Waals surface area contributed by atoms with Gasteiger partial charge in [0.05, 0.1) is 14.2 Å². The molecule has 0 heterocycles. The minimum absolute atomic E-state index is 0. The summed E-state index contributed by atoms with van der Waals surface area (Å²) in [4.78, 5) is 20.6. The van der Waals surface area contributed by atoms with E-state index in [9.17, 15) is 9.59 Å². The molecule has 0 aliphatic heterocycles. The van der Waals surface area contributed by atoms with Gasteiger partial charge in [-0.05, 0) is 0 Å². The van der Waals surface area contributed by atoms with Gasteiger partial charge in [0.25, 0.3) is 0 Å². The van der Waals surface area contributed by atoms with Crippen molar-refractivity contribution in [2.24, 2.45) is 0 Å². The Balaban J connectivity index is 0. The summed E-state index contributed by atoms with van der Waals surface area (Å²) in [6, 6.07) is 0. The summed E-state index contributed by atoms with van der Waals surface area (Å²) in [6.07, 6.45) is 1.98. The molecule has 0 spiro atoms. The molecule has 0 unspecified atom stereocenters. The molecule has 0 fully saturated rings. The van der Waals surface area contributed by atoms with Crippen LogP contribution < -0.4 is 0 Å². The summed E-state index contributed by atoms with van der Waals surface area (Å²) in [5, 5.41) is 0. The summed E-state index contributed by atoms with van der Waals surface area (Å²) < 4.78 is 8.42. The predicted octanol–water partition coefficient (Wildman–Crippen LogP) is -1.03. The van der Waals surface area contributed by atoms with Crippen molar-refractivity contribution in [3.8, 4) is 0 Å². The summed E-state index contributed by atoms with van der Waals surface area (Å²) >= 11 is 0. The van der Waals surface area contributed by atoms with Crippen molar-refractivity contribution >= 4 is 35.8 Å². The first kappa shape index (κ1) is 13.1. The van der Waals surface area contributed by atoms with Crippen LogP contribution in [0.15, 0.2) is 12.2 Å². The number of hydrogen-bond acceptors (Lipinski definition) is 4. The van der Waals surface area contributed by atoms with Gasteiger partial charge in [-0.2, -0.15) is 0 Å². The number of hydrogen-bond donors (Lipinski definition) is 0. The van der Waals surface area contributed by atoms with E-state index in [0.29, 0.717) is 0 Å². The van der Waals surface area contributed by atoms with Crippen LogP contribution in [0.3, 0.4) is 0 Å². The Morgan fingerprint density at radius 1 is 1.00 bits per heavy atom. The molecule has 0 saturated heterocycles. The fraction of sp³-hybridized carbons (Fsp3) is 0.333. The summed E-state index contributed by atoms with van der Waals surface area (Å²) in [5.41, 5.74) is 0. The first-order valence-corrected chi connectivity index (χ1v) is 2.54. The summed E-state index contributed by atoms with van der Waals surface area (Å²) in [5.74, 6) is -1.16. The van der Waals surface area contributed by atoms with E-state index in [-0.39, 0.29) is 23.9 Å². The fourth-order valence-corrected chi connectivity index (χ4v) is 0.272. The van der Waals surface area contributed by atoms with Crippen molar-refractivity contribution in [3.63, 3.8) is 0 Å². The first-order chi connectivity index (χ1) is 4.70. The van der Waals surface area contributed by atoms with E-state index in [0.717, 1.165) is 12.2 Å². The molecule has 0 aromatic heterocycles. The average Bonchev–Trinajstić information content (AvgIpc) is 1.99. The van der Waals surface area contributed by atoms with Crippen molar-refractivity contribution in [1.29, 1.82) is 0 Å². The van der Waals surface area contributed by atoms with Crippen LogP contribution in [-0.2, 0) is 19.1 Å². The standard InChI is InChI=1S/C6H8O4.Sn.2H/c1-9-5(7)3-4-6(8)10-2;;;/h3-4H,1-2H3;;;/b4-3-;;;. The molecule has 0 atom stereocenters. The molecule has 0 amide bonds. The molecular weight excluding hydrogens is 255 g/mol. The molecule has 62 valence electrons. The van der Waals surface area contributed by atoms with Crippen LogP contribution in [-0.4, -0.2) is 50.1 Å². The van der Waals surface area contributed by atoms with E-state index in [4.69, 9.17) is 0 Å². The zero-order valence-electron chi connectivity index (χ0n) is 6.49. The van der Waals surface area contributed by atoms with Crippen LogP contribution in [0.2, 0.25) is 0 Å². The van der Waals surface area contributed by atoms with Gasteiger partial charge in [0.2, 0.25) is 0 Å². The number of esters is 2. The second-order valence-electron chi connectivity index (χ2n) is 1.38. The number of carbonyl (C=O) groups is 2. The van der Waals surface area contributed by atoms with Crippen LogP contribution in [0.25, 0.3) is 0 Å². The fourth-order valence-electron chi connectivity index (χ4n) is 0.272. The third-order valence-electron chi connectivity index (χ3n) is 0.758. The molecular formula is C6H10O4Sn. The maximum absolute atomic E-state index is 10.3. The Kier molecular flexibility index (Phi) is 9.03. The van der Waals surface area contributed by atoms with Gasteiger partial charge in [-0.1, -0.05) is 0 Å². The normalized spacial score (nSPS) is 8.55. The summed E-state index contributed by atoms with van der Waals surface area (Å²) in [6.45, 7) is 0. The van der Waals surface area contributed by atoms with Gasteiger partial charge in [-0.25, -0.2) is 9.59 Å². The van der Waals surface area contributed by atoms with Gasteiger partial charge < -0.3 is 9.47 Å². The molecule has 0 saturated carbocycles. The first-order valence-electron chi connectivity index (χ1n) is 2.54. The molecule has 11 heavy (non-hydrogen) atoms. The van der Waals surface area contributed by atoms with Gasteiger partial charge in [0.1, 0.15) is 0 Å². The molecule has 0 aromatic carbocycles. The molecule has 0 rings (SSSR count). The van der Waals surface area contributed by atoms with Crippen LogP contribution >= 0.6 is 0 Å². The Bertz CT molecular complexity index is 146. The van der Waals surface area contributed by atoms with Crippen molar-refractivity contribution < 1.29 is 19.1 Å². The van der Waals surface area contributed by atoms with Gasteiger partial charge >= 0.3 is 35.8 Å². The number of ether oxygens (including phenoxy) is 2. The predicted molar refractivity (Wildman–Crippen MR) is 41.7 cm³/mol. The quantitative estimate of drug-likeness (QED) is 0.364. The Morgan fingerprint density at radius 2 is 1.27 bits per heavy atom. The van der Waals surface area contributed by atoms with Gasteiger partial charge in [-0.15, -0.1) is 0 Å². The number of carbonyl (C=O) groups excluding carboxylic acids is 2. The zero-order chi connectivity index (χ0) is 7.98. The van der Waals surface area contributed by atoms with Crippen LogP contribution in [0.1, 0.15) is 0 Å². The second kappa shape index (κ2) is 7.58. The Morgan fingerprint density at radius 3 is 1.45 bits per heavy atom. The van der Waals surface area contributed by atoms with Gasteiger partial charge in [0, 0.05) is 12.2 Å². The van der Waals surface area contributed by atoms with E-state index >= 15 is 0 Å². The van der Waals surface area contributed by atoms with E-state index < -0.39 is 11.9 Å². The number of rotatable bonds is 2. The van der Waals surface area contributed by atoms with Gasteiger partial charge in [0.15, 0.2) is 0 Å². The SMILES string of the molecule is COC(=O)/C=C\C(=O)OC.[SnH2]. The van der Waals surface area contributed by atoms with E-state index in [1.807, 2.05) is 0 Å². The molecule has 0 aliphatic rings. The molecule has 5 heteroatoms. The van der Waals surface area contributed by atoms with Crippen LogP contribution in [0.5, 0.6) is 0 Å². The van der Waals surface area contributed by atoms with E-state index in [1.54, 1.807) is 0 Å². The van der Waals surface area contributed by atoms with Gasteiger partial charge in [-0.3, -0.25) is 0 Å². The molecule has 2 radical (unpaired) electrons. The second-order valence-corrected chi connectivity index (χ2v) is 1.38. The van der Waals surface area contributed by atoms with Crippen molar-refractivity contribution in [2.75, 3.05) is 14.2 Å². The molecule has 4 nitrogen and oxygen atoms in total. The van der Waals surface area contributed by atoms with Crippen molar-refractivity contribution in [2.45, 2.75) is 0 Å². The summed E-state index contributed by atoms with van der Waals surface area (Å²) in [7, 11) is 2.45.